The van der Waals surface area contributed by atoms with Gasteiger partial charge in [-0.15, -0.1) is 0 Å². The fourth-order valence-electron chi connectivity index (χ4n) is 3.21. The van der Waals surface area contributed by atoms with Crippen LogP contribution in [0.25, 0.3) is 0 Å². The maximum Gasteiger partial charge on any atom is 0.00533 e. The molecule has 114 valence electrons. The van der Waals surface area contributed by atoms with Crippen LogP contribution in [-0.4, -0.2) is 36.6 Å². The lowest BCUT2D eigenvalue weighted by Crippen LogP contribution is -2.45. The van der Waals surface area contributed by atoms with Crippen molar-refractivity contribution in [3.63, 3.8) is 0 Å². The zero-order valence-corrected chi connectivity index (χ0v) is 14.0. The molecule has 0 spiro atoms. The zero-order valence-electron chi connectivity index (χ0n) is 14.0. The minimum atomic E-state index is 0.480. The van der Waals surface area contributed by atoms with Crippen molar-refractivity contribution in [3.05, 3.63) is 0 Å². The van der Waals surface area contributed by atoms with Crippen molar-refractivity contribution in [2.75, 3.05) is 19.6 Å². The molecule has 2 unspecified atom stereocenters. The Labute approximate surface area is 121 Å². The summed E-state index contributed by atoms with van der Waals surface area (Å²) in [6.07, 6.45) is 8.07. The third-order valence-electron chi connectivity index (χ3n) is 4.43. The summed E-state index contributed by atoms with van der Waals surface area (Å²) in [5.74, 6) is 0. The molecule has 2 nitrogen and oxygen atoms in total. The molecule has 2 atom stereocenters. The van der Waals surface area contributed by atoms with Crippen molar-refractivity contribution < 1.29 is 0 Å². The quantitative estimate of drug-likeness (QED) is 0.731. The van der Waals surface area contributed by atoms with Gasteiger partial charge in [0.05, 0.1) is 0 Å². The molecule has 1 fully saturated rings. The van der Waals surface area contributed by atoms with E-state index in [1.54, 1.807) is 0 Å². The first-order valence-electron chi connectivity index (χ1n) is 8.41. The molecule has 1 aliphatic rings. The largest absolute Gasteiger partial charge is 0.312 e. The van der Waals surface area contributed by atoms with E-state index in [-0.39, 0.29) is 0 Å². The van der Waals surface area contributed by atoms with E-state index in [2.05, 4.69) is 44.8 Å². The molecule has 2 heteroatoms. The van der Waals surface area contributed by atoms with Crippen LogP contribution < -0.4 is 5.32 Å². The first-order chi connectivity index (χ1) is 8.93. The van der Waals surface area contributed by atoms with Crippen molar-refractivity contribution in [1.29, 1.82) is 0 Å². The highest BCUT2D eigenvalue weighted by atomic mass is 15.1. The summed E-state index contributed by atoms with van der Waals surface area (Å²) in [6, 6.07) is 1.34. The van der Waals surface area contributed by atoms with Gasteiger partial charge in [0.2, 0.25) is 0 Å². The van der Waals surface area contributed by atoms with E-state index in [1.807, 2.05) is 0 Å². The highest BCUT2D eigenvalue weighted by Crippen LogP contribution is 2.25. The average molecular weight is 268 g/mol. The Morgan fingerprint density at radius 2 is 1.63 bits per heavy atom. The van der Waals surface area contributed by atoms with Gasteiger partial charge in [0.15, 0.2) is 0 Å². The topological polar surface area (TPSA) is 15.3 Å². The lowest BCUT2D eigenvalue weighted by molar-refractivity contribution is 0.143. The molecule has 0 aromatic heterocycles. The number of hydrogen-bond acceptors (Lipinski definition) is 2. The Morgan fingerprint density at radius 1 is 1.05 bits per heavy atom. The van der Waals surface area contributed by atoms with Gasteiger partial charge in [0, 0.05) is 18.6 Å². The zero-order chi connectivity index (χ0) is 14.3. The maximum absolute atomic E-state index is 3.68. The highest BCUT2D eigenvalue weighted by Gasteiger charge is 2.23. The monoisotopic (exact) mass is 268 g/mol. The van der Waals surface area contributed by atoms with Crippen LogP contribution in [0.5, 0.6) is 0 Å². The molecule has 0 aromatic rings. The van der Waals surface area contributed by atoms with E-state index >= 15 is 0 Å². The molecule has 0 saturated carbocycles. The van der Waals surface area contributed by atoms with Crippen LogP contribution in [-0.2, 0) is 0 Å². The molecule has 0 radical (unpaired) electrons. The molecule has 0 aromatic carbocycles. The second kappa shape index (κ2) is 8.26. The molecule has 1 heterocycles. The first-order valence-corrected chi connectivity index (χ1v) is 8.41. The van der Waals surface area contributed by atoms with Crippen molar-refractivity contribution >= 4 is 0 Å². The fourth-order valence-corrected chi connectivity index (χ4v) is 3.21. The Balaban J connectivity index is 2.40. The lowest BCUT2D eigenvalue weighted by Gasteiger charge is -2.36. The smallest absolute Gasteiger partial charge is 0.00533 e. The van der Waals surface area contributed by atoms with Gasteiger partial charge in [-0.3, -0.25) is 0 Å². The molecule has 0 aliphatic carbocycles. The van der Waals surface area contributed by atoms with Crippen molar-refractivity contribution in [2.45, 2.75) is 85.2 Å². The van der Waals surface area contributed by atoms with Crippen molar-refractivity contribution in [3.8, 4) is 0 Å². The Hall–Kier alpha value is -0.0800. The first kappa shape index (κ1) is 17.0. The summed E-state index contributed by atoms with van der Waals surface area (Å²) in [5, 5.41) is 3.68. The van der Waals surface area contributed by atoms with Crippen molar-refractivity contribution in [1.82, 2.24) is 10.2 Å². The van der Waals surface area contributed by atoms with E-state index in [9.17, 15) is 0 Å². The fraction of sp³-hybridized carbons (Fsp3) is 1.00. The van der Waals surface area contributed by atoms with Crippen LogP contribution in [0.15, 0.2) is 0 Å². The van der Waals surface area contributed by atoms with Gasteiger partial charge in [-0.05, 0) is 51.6 Å². The molecule has 1 aliphatic heterocycles. The van der Waals surface area contributed by atoms with E-state index in [1.165, 1.54) is 58.2 Å². The summed E-state index contributed by atoms with van der Waals surface area (Å²) in [7, 11) is 0. The summed E-state index contributed by atoms with van der Waals surface area (Å²) >= 11 is 0. The van der Waals surface area contributed by atoms with Crippen LogP contribution in [0, 0.1) is 5.41 Å². The van der Waals surface area contributed by atoms with Crippen LogP contribution in [0.1, 0.15) is 73.1 Å². The average Bonchev–Trinajstić information content (AvgIpc) is 2.31. The third-order valence-corrected chi connectivity index (χ3v) is 4.43. The molecular weight excluding hydrogens is 232 g/mol. The second-order valence-electron chi connectivity index (χ2n) is 7.44. The SMILES string of the molecule is CCCCCC(C)(C)CN1CCC(C)NC(C)CC1. The molecule has 1 N–H and O–H groups in total. The Kier molecular flexibility index (Phi) is 7.38. The predicted octanol–water partition coefficient (Wildman–Crippen LogP) is 4.06. The minimum Gasteiger partial charge on any atom is -0.312 e. The van der Waals surface area contributed by atoms with Crippen LogP contribution in [0.3, 0.4) is 0 Å². The summed E-state index contributed by atoms with van der Waals surface area (Å²) in [6.45, 7) is 15.6. The van der Waals surface area contributed by atoms with E-state index < -0.39 is 0 Å². The molecule has 0 bridgehead atoms. The number of rotatable bonds is 6. The van der Waals surface area contributed by atoms with Gasteiger partial charge in [0.25, 0.3) is 0 Å². The minimum absolute atomic E-state index is 0.480. The molecule has 0 amide bonds. The van der Waals surface area contributed by atoms with E-state index in [4.69, 9.17) is 0 Å². The van der Waals surface area contributed by atoms with E-state index in [0.29, 0.717) is 17.5 Å². The van der Waals surface area contributed by atoms with Crippen LogP contribution in [0.4, 0.5) is 0 Å². The molecule has 19 heavy (non-hydrogen) atoms. The van der Waals surface area contributed by atoms with E-state index in [0.717, 1.165) is 0 Å². The maximum atomic E-state index is 3.68. The normalized spacial score (nSPS) is 27.0. The van der Waals surface area contributed by atoms with Gasteiger partial charge < -0.3 is 10.2 Å². The Morgan fingerprint density at radius 3 is 2.16 bits per heavy atom. The third kappa shape index (κ3) is 7.31. The summed E-state index contributed by atoms with van der Waals surface area (Å²) < 4.78 is 0. The molecular formula is C17H36N2. The highest BCUT2D eigenvalue weighted by molar-refractivity contribution is 4.79. The molecule has 1 saturated heterocycles. The lowest BCUT2D eigenvalue weighted by atomic mass is 9.86. The predicted molar refractivity (Wildman–Crippen MR) is 85.7 cm³/mol. The van der Waals surface area contributed by atoms with Crippen molar-refractivity contribution in [2.24, 2.45) is 5.41 Å². The number of nitrogens with zero attached hydrogens (tertiary/aromatic N) is 1. The molecule has 1 rings (SSSR count). The van der Waals surface area contributed by atoms with Gasteiger partial charge >= 0.3 is 0 Å². The summed E-state index contributed by atoms with van der Waals surface area (Å²) in [4.78, 5) is 2.71. The second-order valence-corrected chi connectivity index (χ2v) is 7.44. The number of nitrogens with one attached hydrogen (secondary N) is 1. The Bertz CT molecular complexity index is 225. The standard InChI is InChI=1S/C17H36N2/c1-6-7-8-11-17(4,5)14-19-12-9-15(2)18-16(3)10-13-19/h15-16,18H,6-14H2,1-5H3. The number of hydrogen-bond donors (Lipinski definition) is 1. The van der Waals surface area contributed by atoms with Gasteiger partial charge in [-0.2, -0.15) is 0 Å². The van der Waals surface area contributed by atoms with Gasteiger partial charge in [-0.1, -0.05) is 40.0 Å². The van der Waals surface area contributed by atoms with Crippen LogP contribution >= 0.6 is 0 Å². The van der Waals surface area contributed by atoms with Gasteiger partial charge in [-0.25, -0.2) is 0 Å². The van der Waals surface area contributed by atoms with Gasteiger partial charge in [0.1, 0.15) is 0 Å². The summed E-state index contributed by atoms with van der Waals surface area (Å²) in [5.41, 5.74) is 0.480. The van der Waals surface area contributed by atoms with Crippen LogP contribution in [0.2, 0.25) is 0 Å². The number of unbranched alkanes of at least 4 members (excludes halogenated alkanes) is 2.